The largest absolute Gasteiger partial charge is 0.453 e. The molecule has 1 atom stereocenters. The van der Waals surface area contributed by atoms with Gasteiger partial charge in [-0.1, -0.05) is 64.5 Å². The molecule has 3 amide bonds. The van der Waals surface area contributed by atoms with Gasteiger partial charge in [-0.15, -0.1) is 0 Å². The first-order chi connectivity index (χ1) is 25.1. The molecular formula is C40H56N8O4. The van der Waals surface area contributed by atoms with Crippen molar-refractivity contribution in [1.29, 1.82) is 0 Å². The van der Waals surface area contributed by atoms with Crippen molar-refractivity contribution in [3.8, 4) is 23.1 Å². The van der Waals surface area contributed by atoms with Crippen LogP contribution in [-0.2, 0) is 20.7 Å². The van der Waals surface area contributed by atoms with Gasteiger partial charge in [-0.2, -0.15) is 0 Å². The Kier molecular flexibility index (Phi) is 17.4. The summed E-state index contributed by atoms with van der Waals surface area (Å²) in [6.07, 6.45) is 7.98. The highest BCUT2D eigenvalue weighted by atomic mass is 16.5. The van der Waals surface area contributed by atoms with E-state index in [9.17, 15) is 14.4 Å². The summed E-state index contributed by atoms with van der Waals surface area (Å²) in [5, 5.41) is 5.12. The topological polar surface area (TPSA) is 148 Å². The highest BCUT2D eigenvalue weighted by molar-refractivity contribution is 5.82. The third-order valence-corrected chi connectivity index (χ3v) is 7.75. The van der Waals surface area contributed by atoms with Gasteiger partial charge in [-0.3, -0.25) is 9.59 Å². The Bertz CT molecular complexity index is 1770. The fourth-order valence-electron chi connectivity index (χ4n) is 5.43. The molecule has 1 unspecified atom stereocenters. The van der Waals surface area contributed by atoms with Crippen LogP contribution in [0.1, 0.15) is 95.0 Å². The fraction of sp³-hybridized carbons (Fsp3) is 0.475. The van der Waals surface area contributed by atoms with Crippen molar-refractivity contribution >= 4 is 28.9 Å². The number of nitrogens with one attached hydrogen (secondary N) is 4. The van der Waals surface area contributed by atoms with E-state index in [1.54, 1.807) is 0 Å². The molecule has 0 aliphatic carbocycles. The Hall–Kier alpha value is -5.15. The molecule has 0 bridgehead atoms. The van der Waals surface area contributed by atoms with Gasteiger partial charge in [-0.05, 0) is 75.7 Å². The molecule has 5 rings (SSSR count). The molecule has 4 N–H and O–H groups in total. The average molecular weight is 713 g/mol. The van der Waals surface area contributed by atoms with Crippen LogP contribution in [0.4, 0.5) is 4.79 Å². The lowest BCUT2D eigenvalue weighted by atomic mass is 10.1. The van der Waals surface area contributed by atoms with E-state index in [-0.39, 0.29) is 24.4 Å². The van der Waals surface area contributed by atoms with Crippen molar-refractivity contribution in [3.63, 3.8) is 0 Å². The Morgan fingerprint density at radius 2 is 1.65 bits per heavy atom. The number of hydrogen-bond donors (Lipinski definition) is 4. The van der Waals surface area contributed by atoms with Crippen LogP contribution < -0.4 is 10.6 Å². The molecule has 1 aliphatic heterocycles. The number of fused-ring (bicyclic) bond motifs is 1. The van der Waals surface area contributed by atoms with Crippen LogP contribution in [0.25, 0.3) is 22.3 Å². The number of rotatable bonds is 11. The maximum atomic E-state index is 12.7. The molecule has 0 radical (unpaired) electrons. The van der Waals surface area contributed by atoms with Crippen molar-refractivity contribution in [3.05, 3.63) is 71.4 Å². The molecule has 1 saturated heterocycles. The van der Waals surface area contributed by atoms with Gasteiger partial charge in [0.25, 0.3) is 0 Å². The number of amides is 3. The first kappa shape index (κ1) is 41.3. The maximum Gasteiger partial charge on any atom is 0.407 e. The summed E-state index contributed by atoms with van der Waals surface area (Å²) in [5.74, 6) is 8.09. The Balaban J connectivity index is 0.00000114. The Morgan fingerprint density at radius 3 is 2.35 bits per heavy atom. The fourth-order valence-corrected chi connectivity index (χ4v) is 5.43. The number of aryl methyl sites for hydroxylation is 1. The second-order valence-electron chi connectivity index (χ2n) is 13.0. The third kappa shape index (κ3) is 13.2. The van der Waals surface area contributed by atoms with Crippen molar-refractivity contribution in [2.45, 2.75) is 78.7 Å². The molecule has 12 nitrogen and oxygen atoms in total. The van der Waals surface area contributed by atoms with Gasteiger partial charge in [0.15, 0.2) is 0 Å². The highest BCUT2D eigenvalue weighted by Gasteiger charge is 2.32. The number of likely N-dealkylation sites (N-methyl/N-ethyl adjacent to an activating group) is 1. The normalized spacial score (nSPS) is 13.3. The second kappa shape index (κ2) is 21.9. The van der Waals surface area contributed by atoms with E-state index in [0.29, 0.717) is 13.1 Å². The van der Waals surface area contributed by atoms with Crippen LogP contribution >= 0.6 is 0 Å². The first-order valence-electron chi connectivity index (χ1n) is 18.3. The third-order valence-electron chi connectivity index (χ3n) is 7.75. The summed E-state index contributed by atoms with van der Waals surface area (Å²) in [6, 6.07) is 14.0. The summed E-state index contributed by atoms with van der Waals surface area (Å²) in [7, 11) is 5.07. The molecule has 1 aliphatic rings. The summed E-state index contributed by atoms with van der Waals surface area (Å²) in [6.45, 7) is 10.1. The predicted molar refractivity (Wildman–Crippen MR) is 207 cm³/mol. The number of alkyl carbamates (subject to hydrolysis) is 1. The van der Waals surface area contributed by atoms with E-state index in [2.05, 4.69) is 74.8 Å². The number of carbonyl (C=O) groups is 3. The first-order valence-corrected chi connectivity index (χ1v) is 18.3. The van der Waals surface area contributed by atoms with Gasteiger partial charge >= 0.3 is 6.09 Å². The number of aromatic amines is 2. The van der Waals surface area contributed by atoms with Crippen molar-refractivity contribution < 1.29 is 19.1 Å². The van der Waals surface area contributed by atoms with Gasteiger partial charge < -0.3 is 35.1 Å². The van der Waals surface area contributed by atoms with Gasteiger partial charge in [0, 0.05) is 30.6 Å². The summed E-state index contributed by atoms with van der Waals surface area (Å²) in [4.78, 5) is 55.4. The van der Waals surface area contributed by atoms with E-state index < -0.39 is 6.09 Å². The molecule has 0 saturated carbocycles. The van der Waals surface area contributed by atoms with Crippen molar-refractivity contribution in [2.24, 2.45) is 0 Å². The number of H-pyrrole nitrogens is 2. The smallest absolute Gasteiger partial charge is 0.407 e. The molecule has 0 spiro atoms. The molecular weight excluding hydrogens is 656 g/mol. The van der Waals surface area contributed by atoms with E-state index >= 15 is 0 Å². The van der Waals surface area contributed by atoms with Gasteiger partial charge in [-0.25, -0.2) is 14.8 Å². The quantitative estimate of drug-likeness (QED) is 0.107. The maximum absolute atomic E-state index is 12.7. The van der Waals surface area contributed by atoms with E-state index in [0.717, 1.165) is 83.7 Å². The van der Waals surface area contributed by atoms with Crippen LogP contribution in [0.3, 0.4) is 0 Å². The van der Waals surface area contributed by atoms with Gasteiger partial charge in [0.2, 0.25) is 11.8 Å². The monoisotopic (exact) mass is 712 g/mol. The standard InChI is InChI=1S/C34H40N8O4.2C3H8/c1-41(2)22-32(44)42-18-6-7-29(42)33-36-20-28(40-33)25-14-11-23(12-15-25)9-10-24-13-16-26-27(19-24)39-30(38-26)8-4-5-17-35-31(43)21-37-34(45)46-3;2*1-3-2/h11-16,19-20,29H,4-8,17-18,21-22H2,1-3H3,(H,35,43)(H,36,40)(H,37,45)(H,38,39);2*3H2,1-2H3. The number of hydrogen-bond acceptors (Lipinski definition) is 7. The molecule has 2 aromatic carbocycles. The molecule has 12 heteroatoms. The van der Waals surface area contributed by atoms with Crippen LogP contribution in [0.15, 0.2) is 48.7 Å². The number of ether oxygens (including phenoxy) is 1. The van der Waals surface area contributed by atoms with Crippen LogP contribution in [-0.4, -0.2) is 95.0 Å². The molecule has 2 aromatic heterocycles. The van der Waals surface area contributed by atoms with Crippen LogP contribution in [0.2, 0.25) is 0 Å². The zero-order valence-electron chi connectivity index (χ0n) is 31.9. The number of likely N-dealkylation sites (tertiary alicyclic amines) is 1. The summed E-state index contributed by atoms with van der Waals surface area (Å²) in [5.41, 5.74) is 5.53. The molecule has 4 aromatic rings. The molecule has 1 fully saturated rings. The molecule has 52 heavy (non-hydrogen) atoms. The number of aromatic nitrogens is 4. The van der Waals surface area contributed by atoms with Gasteiger partial charge in [0.1, 0.15) is 11.6 Å². The highest BCUT2D eigenvalue weighted by Crippen LogP contribution is 2.31. The number of carbonyl (C=O) groups excluding carboxylic acids is 3. The minimum Gasteiger partial charge on any atom is -0.453 e. The molecule has 3 heterocycles. The van der Waals surface area contributed by atoms with Crippen molar-refractivity contribution in [2.75, 3.05) is 47.4 Å². The number of benzene rings is 2. The minimum atomic E-state index is -0.633. The zero-order chi connectivity index (χ0) is 37.9. The SMILES string of the molecule is CCC.CCC.COC(=O)NCC(=O)NCCCCc1nc2ccc(C#Cc3ccc(-c4cnc(C5CCCN5C(=O)CN(C)C)[nH]4)cc3)cc2[nH]1. The number of methoxy groups -OCH3 is 1. The number of imidazole rings is 2. The van der Waals surface area contributed by atoms with Gasteiger partial charge in [0.05, 0.1) is 49.2 Å². The summed E-state index contributed by atoms with van der Waals surface area (Å²) >= 11 is 0. The van der Waals surface area contributed by atoms with E-state index in [4.69, 9.17) is 0 Å². The zero-order valence-corrected chi connectivity index (χ0v) is 31.9. The number of unbranched alkanes of at least 4 members (excludes halogenated alkanes) is 1. The molecule has 280 valence electrons. The second-order valence-corrected chi connectivity index (χ2v) is 13.0. The van der Waals surface area contributed by atoms with E-state index in [1.807, 2.05) is 72.6 Å². The summed E-state index contributed by atoms with van der Waals surface area (Å²) < 4.78 is 4.44. The predicted octanol–water partition coefficient (Wildman–Crippen LogP) is 6.21. The lowest BCUT2D eigenvalue weighted by molar-refractivity contribution is -0.132. The minimum absolute atomic E-state index is 0.0156. The number of nitrogens with zero attached hydrogens (tertiary/aromatic N) is 4. The Labute approximate surface area is 308 Å². The Morgan fingerprint density at radius 1 is 0.962 bits per heavy atom. The lowest BCUT2D eigenvalue weighted by Crippen LogP contribution is -2.37. The van der Waals surface area contributed by atoms with Crippen LogP contribution in [0, 0.1) is 11.8 Å². The average Bonchev–Trinajstić information content (AvgIpc) is 3.90. The van der Waals surface area contributed by atoms with Crippen LogP contribution in [0.5, 0.6) is 0 Å². The van der Waals surface area contributed by atoms with Crippen molar-refractivity contribution in [1.82, 2.24) is 40.4 Å². The van der Waals surface area contributed by atoms with E-state index in [1.165, 1.54) is 20.0 Å². The lowest BCUT2D eigenvalue weighted by Gasteiger charge is -2.24.